The maximum absolute atomic E-state index is 13.3. The lowest BCUT2D eigenvalue weighted by molar-refractivity contribution is -0.124. The van der Waals surface area contributed by atoms with Crippen LogP contribution in [-0.4, -0.2) is 42.0 Å². The molecule has 114 valence electrons. The molecule has 6 heteroatoms. The number of nitrogens with one attached hydrogen (secondary N) is 1. The quantitative estimate of drug-likeness (QED) is 0.906. The fourth-order valence-electron chi connectivity index (χ4n) is 2.38. The summed E-state index contributed by atoms with van der Waals surface area (Å²) in [6, 6.07) is 5.13. The molecule has 0 aromatic heterocycles. The molecule has 5 nitrogen and oxygen atoms in total. The van der Waals surface area contributed by atoms with Gasteiger partial charge < -0.3 is 15.1 Å². The Kier molecular flexibility index (Phi) is 4.45. The Hall–Kier alpha value is -2.11. The zero-order valence-electron chi connectivity index (χ0n) is 12.5. The number of piperazine rings is 1. The Bertz CT molecular complexity index is 547. The van der Waals surface area contributed by atoms with E-state index < -0.39 is 6.04 Å². The lowest BCUT2D eigenvalue weighted by Gasteiger charge is -2.39. The second-order valence-corrected chi connectivity index (χ2v) is 5.44. The Balaban J connectivity index is 2.13. The Labute approximate surface area is 123 Å². The van der Waals surface area contributed by atoms with Crippen molar-refractivity contribution in [1.82, 2.24) is 10.2 Å². The summed E-state index contributed by atoms with van der Waals surface area (Å²) in [7, 11) is 0. The molecule has 0 aliphatic carbocycles. The molecule has 1 unspecified atom stereocenters. The smallest absolute Gasteiger partial charge is 0.318 e. The van der Waals surface area contributed by atoms with Crippen molar-refractivity contribution < 1.29 is 14.0 Å². The number of benzene rings is 1. The van der Waals surface area contributed by atoms with E-state index in [2.05, 4.69) is 5.32 Å². The summed E-state index contributed by atoms with van der Waals surface area (Å²) in [5, 5.41) is 2.78. The van der Waals surface area contributed by atoms with Gasteiger partial charge in [0.05, 0.1) is 0 Å². The number of carbonyl (C=O) groups excluding carboxylic acids is 2. The molecule has 2 rings (SSSR count). The average Bonchev–Trinajstić information content (AvgIpc) is 2.40. The molecule has 1 fully saturated rings. The topological polar surface area (TPSA) is 52.7 Å². The zero-order valence-corrected chi connectivity index (χ0v) is 12.5. The first-order valence-electron chi connectivity index (χ1n) is 7.04. The molecule has 1 heterocycles. The van der Waals surface area contributed by atoms with Crippen molar-refractivity contribution in [3.8, 4) is 0 Å². The minimum atomic E-state index is -0.569. The second-order valence-electron chi connectivity index (χ2n) is 5.44. The molecule has 1 N–H and O–H groups in total. The van der Waals surface area contributed by atoms with Crippen molar-refractivity contribution in [3.05, 3.63) is 30.1 Å². The van der Waals surface area contributed by atoms with E-state index in [4.69, 9.17) is 0 Å². The number of carbonyl (C=O) groups is 2. The minimum Gasteiger partial charge on any atom is -0.336 e. The summed E-state index contributed by atoms with van der Waals surface area (Å²) in [5.41, 5.74) is 0.524. The van der Waals surface area contributed by atoms with Gasteiger partial charge in [-0.1, -0.05) is 6.07 Å². The zero-order chi connectivity index (χ0) is 15.6. The largest absolute Gasteiger partial charge is 0.336 e. The molecule has 1 saturated heterocycles. The standard InChI is InChI=1S/C15H20FN3O2/c1-10(2)17-15(21)18-7-8-19(14(20)11(18)3)13-6-4-5-12(16)9-13/h4-6,9-11H,7-8H2,1-3H3,(H,17,21). The molecular weight excluding hydrogens is 273 g/mol. The number of hydrogen-bond donors (Lipinski definition) is 1. The van der Waals surface area contributed by atoms with Crippen molar-refractivity contribution in [2.75, 3.05) is 18.0 Å². The van der Waals surface area contributed by atoms with E-state index in [-0.39, 0.29) is 23.8 Å². The third-order valence-electron chi connectivity index (χ3n) is 3.45. The Morgan fingerprint density at radius 1 is 1.38 bits per heavy atom. The molecule has 0 spiro atoms. The molecule has 1 atom stereocenters. The van der Waals surface area contributed by atoms with E-state index >= 15 is 0 Å². The summed E-state index contributed by atoms with van der Waals surface area (Å²) in [6.07, 6.45) is 0. The maximum atomic E-state index is 13.3. The lowest BCUT2D eigenvalue weighted by atomic mass is 10.1. The van der Waals surface area contributed by atoms with Crippen LogP contribution in [0.5, 0.6) is 0 Å². The van der Waals surface area contributed by atoms with Crippen molar-refractivity contribution in [1.29, 1.82) is 0 Å². The van der Waals surface area contributed by atoms with Gasteiger partial charge >= 0.3 is 6.03 Å². The van der Waals surface area contributed by atoms with Gasteiger partial charge in [0.25, 0.3) is 0 Å². The number of urea groups is 1. The number of amides is 3. The van der Waals surface area contributed by atoms with Crippen LogP contribution in [0.15, 0.2) is 24.3 Å². The SMILES string of the molecule is CC(C)NC(=O)N1CCN(c2cccc(F)c2)C(=O)C1C. The third kappa shape index (κ3) is 3.32. The van der Waals surface area contributed by atoms with Gasteiger partial charge in [-0.15, -0.1) is 0 Å². The van der Waals surface area contributed by atoms with Gasteiger partial charge in [0.2, 0.25) is 5.91 Å². The molecule has 21 heavy (non-hydrogen) atoms. The van der Waals surface area contributed by atoms with Gasteiger partial charge in [0.1, 0.15) is 11.9 Å². The summed E-state index contributed by atoms with van der Waals surface area (Å²) in [5.74, 6) is -0.585. The highest BCUT2D eigenvalue weighted by molar-refractivity contribution is 6.00. The molecule has 1 aliphatic heterocycles. The van der Waals surface area contributed by atoms with Crippen LogP contribution in [-0.2, 0) is 4.79 Å². The highest BCUT2D eigenvalue weighted by Crippen LogP contribution is 2.21. The first kappa shape index (κ1) is 15.3. The summed E-state index contributed by atoms with van der Waals surface area (Å²) in [6.45, 7) is 6.20. The average molecular weight is 293 g/mol. The fourth-order valence-corrected chi connectivity index (χ4v) is 2.38. The van der Waals surface area contributed by atoms with E-state index in [1.807, 2.05) is 13.8 Å². The van der Waals surface area contributed by atoms with Crippen LogP contribution in [0.1, 0.15) is 20.8 Å². The minimum absolute atomic E-state index is 0.0149. The molecule has 0 radical (unpaired) electrons. The van der Waals surface area contributed by atoms with Crippen LogP contribution in [0.3, 0.4) is 0 Å². The second kappa shape index (κ2) is 6.11. The van der Waals surface area contributed by atoms with Crippen LogP contribution in [0.25, 0.3) is 0 Å². The summed E-state index contributed by atoms with van der Waals surface area (Å²) < 4.78 is 13.3. The highest BCUT2D eigenvalue weighted by Gasteiger charge is 2.35. The number of hydrogen-bond acceptors (Lipinski definition) is 2. The van der Waals surface area contributed by atoms with E-state index in [1.54, 1.807) is 19.1 Å². The number of halogens is 1. The first-order chi connectivity index (χ1) is 9.90. The number of nitrogens with zero attached hydrogens (tertiary/aromatic N) is 2. The molecule has 0 saturated carbocycles. The van der Waals surface area contributed by atoms with Gasteiger partial charge in [0.15, 0.2) is 0 Å². The highest BCUT2D eigenvalue weighted by atomic mass is 19.1. The van der Waals surface area contributed by atoms with Crippen molar-refractivity contribution >= 4 is 17.6 Å². The van der Waals surface area contributed by atoms with E-state index in [0.29, 0.717) is 18.8 Å². The lowest BCUT2D eigenvalue weighted by Crippen LogP contribution is -2.60. The predicted molar refractivity (Wildman–Crippen MR) is 78.6 cm³/mol. The monoisotopic (exact) mass is 293 g/mol. The molecule has 1 aromatic carbocycles. The van der Waals surface area contributed by atoms with Crippen molar-refractivity contribution in [2.24, 2.45) is 0 Å². The molecule has 1 aliphatic rings. The van der Waals surface area contributed by atoms with Gasteiger partial charge in [-0.05, 0) is 39.0 Å². The first-order valence-corrected chi connectivity index (χ1v) is 7.04. The molecule has 0 bridgehead atoms. The van der Waals surface area contributed by atoms with E-state index in [0.717, 1.165) is 0 Å². The van der Waals surface area contributed by atoms with Crippen LogP contribution in [0, 0.1) is 5.82 Å². The molecule has 1 aromatic rings. The Morgan fingerprint density at radius 3 is 2.71 bits per heavy atom. The van der Waals surface area contributed by atoms with Gasteiger partial charge in [-0.3, -0.25) is 4.79 Å². The predicted octanol–water partition coefficient (Wildman–Crippen LogP) is 1.98. The molecule has 3 amide bonds. The van der Waals surface area contributed by atoms with Crippen molar-refractivity contribution in [2.45, 2.75) is 32.9 Å². The summed E-state index contributed by atoms with van der Waals surface area (Å²) >= 11 is 0. The van der Waals surface area contributed by atoms with Crippen LogP contribution in [0.4, 0.5) is 14.9 Å². The van der Waals surface area contributed by atoms with Crippen molar-refractivity contribution in [3.63, 3.8) is 0 Å². The van der Waals surface area contributed by atoms with E-state index in [1.165, 1.54) is 21.9 Å². The van der Waals surface area contributed by atoms with Crippen LogP contribution >= 0.6 is 0 Å². The van der Waals surface area contributed by atoms with Gasteiger partial charge in [0, 0.05) is 24.8 Å². The van der Waals surface area contributed by atoms with E-state index in [9.17, 15) is 14.0 Å². The number of anilines is 1. The molecular formula is C15H20FN3O2. The maximum Gasteiger partial charge on any atom is 0.318 e. The normalized spacial score (nSPS) is 19.1. The number of rotatable bonds is 2. The van der Waals surface area contributed by atoms with Gasteiger partial charge in [-0.2, -0.15) is 0 Å². The fraction of sp³-hybridized carbons (Fsp3) is 0.467. The van der Waals surface area contributed by atoms with Crippen LogP contribution < -0.4 is 10.2 Å². The van der Waals surface area contributed by atoms with Gasteiger partial charge in [-0.25, -0.2) is 9.18 Å². The summed E-state index contributed by atoms with van der Waals surface area (Å²) in [4.78, 5) is 27.5. The Morgan fingerprint density at radius 2 is 2.10 bits per heavy atom. The third-order valence-corrected chi connectivity index (χ3v) is 3.45. The van der Waals surface area contributed by atoms with Crippen LogP contribution in [0.2, 0.25) is 0 Å².